The Balaban J connectivity index is 1.99. The Labute approximate surface area is 127 Å². The van der Waals surface area contributed by atoms with Gasteiger partial charge in [0.05, 0.1) is 22.9 Å². The summed E-state index contributed by atoms with van der Waals surface area (Å²) in [6.45, 7) is 2.12. The summed E-state index contributed by atoms with van der Waals surface area (Å²) in [6, 6.07) is 3.50. The van der Waals surface area contributed by atoms with Crippen LogP contribution in [0.1, 0.15) is 41.7 Å². The van der Waals surface area contributed by atoms with Crippen LogP contribution in [0, 0.1) is 0 Å². The first kappa shape index (κ1) is 13.9. The summed E-state index contributed by atoms with van der Waals surface area (Å²) in [4.78, 5) is 24.9. The molecule has 2 heterocycles. The molecule has 21 heavy (non-hydrogen) atoms. The van der Waals surface area contributed by atoms with Crippen LogP contribution in [-0.4, -0.2) is 27.5 Å². The molecule has 0 unspecified atom stereocenters. The highest BCUT2D eigenvalue weighted by Crippen LogP contribution is 2.41. The second-order valence-electron chi connectivity index (χ2n) is 4.85. The third-order valence-electron chi connectivity index (χ3n) is 3.23. The van der Waals surface area contributed by atoms with Gasteiger partial charge >= 0.3 is 5.97 Å². The van der Waals surface area contributed by atoms with Crippen LogP contribution in [0.4, 0.5) is 0 Å². The number of hydrogen-bond acceptors (Lipinski definition) is 5. The van der Waals surface area contributed by atoms with Crippen molar-refractivity contribution in [3.05, 3.63) is 40.8 Å². The Morgan fingerprint density at radius 1 is 1.33 bits per heavy atom. The topological polar surface area (TPSA) is 65.0 Å². The van der Waals surface area contributed by atoms with Crippen molar-refractivity contribution in [2.75, 3.05) is 6.61 Å². The second kappa shape index (κ2) is 5.77. The lowest BCUT2D eigenvalue weighted by Crippen LogP contribution is -2.11. The van der Waals surface area contributed by atoms with E-state index in [2.05, 4.69) is 15.0 Å². The van der Waals surface area contributed by atoms with E-state index in [4.69, 9.17) is 16.3 Å². The van der Waals surface area contributed by atoms with Crippen LogP contribution in [0.25, 0.3) is 11.5 Å². The highest BCUT2D eigenvalue weighted by atomic mass is 35.5. The predicted molar refractivity (Wildman–Crippen MR) is 78.2 cm³/mol. The van der Waals surface area contributed by atoms with E-state index in [1.165, 1.54) is 6.20 Å². The third kappa shape index (κ3) is 3.03. The fraction of sp³-hybridized carbons (Fsp3) is 0.333. The number of halogens is 1. The molecule has 0 aromatic carbocycles. The number of carbonyl (C=O) groups excluding carboxylic acids is 1. The smallest absolute Gasteiger partial charge is 0.341 e. The molecule has 0 radical (unpaired) electrons. The molecule has 0 bridgehead atoms. The third-order valence-corrected chi connectivity index (χ3v) is 3.46. The highest BCUT2D eigenvalue weighted by Gasteiger charge is 2.31. The number of nitrogens with zero attached hydrogens (tertiary/aromatic N) is 3. The molecule has 1 aliphatic carbocycles. The van der Waals surface area contributed by atoms with Crippen molar-refractivity contribution in [1.82, 2.24) is 15.0 Å². The zero-order valence-electron chi connectivity index (χ0n) is 11.5. The van der Waals surface area contributed by atoms with Crippen molar-refractivity contribution < 1.29 is 9.53 Å². The van der Waals surface area contributed by atoms with Crippen LogP contribution in [0.2, 0.25) is 5.02 Å². The van der Waals surface area contributed by atoms with Gasteiger partial charge in [-0.15, -0.1) is 0 Å². The number of esters is 1. The number of ether oxygens (including phenoxy) is 1. The molecule has 1 saturated carbocycles. The van der Waals surface area contributed by atoms with E-state index in [9.17, 15) is 4.79 Å². The molecule has 6 heteroatoms. The van der Waals surface area contributed by atoms with E-state index < -0.39 is 0 Å². The van der Waals surface area contributed by atoms with E-state index in [1.54, 1.807) is 25.3 Å². The summed E-state index contributed by atoms with van der Waals surface area (Å²) in [6.07, 6.45) is 5.16. The lowest BCUT2D eigenvalue weighted by Gasteiger charge is -2.08. The summed E-state index contributed by atoms with van der Waals surface area (Å²) in [7, 11) is 0. The molecule has 0 spiro atoms. The molecule has 0 amide bonds. The molecule has 2 aromatic heterocycles. The minimum Gasteiger partial charge on any atom is -0.462 e. The zero-order chi connectivity index (χ0) is 14.8. The molecule has 0 atom stereocenters. The van der Waals surface area contributed by atoms with Crippen LogP contribution in [-0.2, 0) is 4.74 Å². The number of aromatic nitrogens is 3. The van der Waals surface area contributed by atoms with Crippen molar-refractivity contribution >= 4 is 17.6 Å². The molecular formula is C15H14ClN3O2. The molecule has 0 saturated heterocycles. The summed E-state index contributed by atoms with van der Waals surface area (Å²) >= 11 is 5.83. The van der Waals surface area contributed by atoms with Gasteiger partial charge in [0.15, 0.2) is 5.82 Å². The number of rotatable bonds is 4. The van der Waals surface area contributed by atoms with Gasteiger partial charge in [0.2, 0.25) is 0 Å². The zero-order valence-corrected chi connectivity index (χ0v) is 12.3. The molecule has 0 N–H and O–H groups in total. The lowest BCUT2D eigenvalue weighted by molar-refractivity contribution is 0.0524. The Kier molecular flexibility index (Phi) is 3.84. The van der Waals surface area contributed by atoms with Crippen molar-refractivity contribution in [1.29, 1.82) is 0 Å². The summed E-state index contributed by atoms with van der Waals surface area (Å²) in [5.41, 5.74) is 1.85. The minimum absolute atomic E-state index is 0.318. The first-order chi connectivity index (χ1) is 10.2. The molecule has 5 nitrogen and oxygen atoms in total. The average Bonchev–Trinajstić information content (AvgIpc) is 3.32. The summed E-state index contributed by atoms with van der Waals surface area (Å²) < 4.78 is 5.06. The lowest BCUT2D eigenvalue weighted by atomic mass is 10.1. The van der Waals surface area contributed by atoms with Gasteiger partial charge in [-0.3, -0.25) is 4.98 Å². The van der Waals surface area contributed by atoms with Gasteiger partial charge in [-0.05, 0) is 31.9 Å². The normalized spacial score (nSPS) is 14.0. The van der Waals surface area contributed by atoms with Crippen molar-refractivity contribution in [3.8, 4) is 11.5 Å². The highest BCUT2D eigenvalue weighted by molar-refractivity contribution is 6.30. The van der Waals surface area contributed by atoms with Gasteiger partial charge in [0.25, 0.3) is 0 Å². The molecule has 2 aromatic rings. The van der Waals surface area contributed by atoms with Crippen molar-refractivity contribution in [2.24, 2.45) is 0 Å². The largest absolute Gasteiger partial charge is 0.462 e. The molecule has 3 rings (SSSR count). The van der Waals surface area contributed by atoms with Crippen molar-refractivity contribution in [2.45, 2.75) is 25.7 Å². The average molecular weight is 304 g/mol. The van der Waals surface area contributed by atoms with Gasteiger partial charge < -0.3 is 4.74 Å². The number of pyridine rings is 1. The SMILES string of the molecule is CCOC(=O)c1cnc(-c2ccc(Cl)cn2)nc1C1CC1. The van der Waals surface area contributed by atoms with Gasteiger partial charge in [0.1, 0.15) is 5.69 Å². The first-order valence-electron chi connectivity index (χ1n) is 6.85. The predicted octanol–water partition coefficient (Wildman–Crippen LogP) is 3.25. The fourth-order valence-corrected chi connectivity index (χ4v) is 2.17. The summed E-state index contributed by atoms with van der Waals surface area (Å²) in [5.74, 6) is 0.454. The van der Waals surface area contributed by atoms with Crippen LogP contribution in [0.15, 0.2) is 24.5 Å². The maximum atomic E-state index is 12.0. The second-order valence-corrected chi connectivity index (χ2v) is 5.29. The maximum Gasteiger partial charge on any atom is 0.341 e. The minimum atomic E-state index is -0.366. The standard InChI is InChI=1S/C15H14ClN3O2/c1-2-21-15(20)11-8-18-14(19-13(11)9-3-4-9)12-6-5-10(16)7-17-12/h5-9H,2-4H2,1H3. The van der Waals surface area contributed by atoms with Crippen LogP contribution < -0.4 is 0 Å². The maximum absolute atomic E-state index is 12.0. The Morgan fingerprint density at radius 3 is 2.76 bits per heavy atom. The van der Waals surface area contributed by atoms with Crippen LogP contribution in [0.5, 0.6) is 0 Å². The van der Waals surface area contributed by atoms with Crippen LogP contribution in [0.3, 0.4) is 0 Å². The Hall–Kier alpha value is -2.01. The van der Waals surface area contributed by atoms with E-state index in [0.717, 1.165) is 18.5 Å². The molecule has 1 aliphatic rings. The number of hydrogen-bond donors (Lipinski definition) is 0. The van der Waals surface area contributed by atoms with Gasteiger partial charge in [-0.1, -0.05) is 11.6 Å². The molecule has 1 fully saturated rings. The molecule has 108 valence electrons. The molecular weight excluding hydrogens is 290 g/mol. The van der Waals surface area contributed by atoms with Gasteiger partial charge in [0, 0.05) is 18.3 Å². The summed E-state index contributed by atoms with van der Waals surface area (Å²) in [5, 5.41) is 0.560. The quantitative estimate of drug-likeness (QED) is 0.811. The van der Waals surface area contributed by atoms with E-state index in [1.807, 2.05) is 0 Å². The molecule has 0 aliphatic heterocycles. The monoisotopic (exact) mass is 303 g/mol. The van der Waals surface area contributed by atoms with E-state index in [-0.39, 0.29) is 5.97 Å². The van der Waals surface area contributed by atoms with E-state index in [0.29, 0.717) is 34.6 Å². The van der Waals surface area contributed by atoms with Crippen molar-refractivity contribution in [3.63, 3.8) is 0 Å². The van der Waals surface area contributed by atoms with Gasteiger partial charge in [-0.2, -0.15) is 0 Å². The van der Waals surface area contributed by atoms with Gasteiger partial charge in [-0.25, -0.2) is 14.8 Å². The number of carbonyl (C=O) groups is 1. The Morgan fingerprint density at radius 2 is 2.14 bits per heavy atom. The Bertz CT molecular complexity index is 669. The fourth-order valence-electron chi connectivity index (χ4n) is 2.06. The first-order valence-corrected chi connectivity index (χ1v) is 7.23. The van der Waals surface area contributed by atoms with E-state index >= 15 is 0 Å². The van der Waals surface area contributed by atoms with Crippen LogP contribution >= 0.6 is 11.6 Å².